The molecule has 19 heteroatoms. The van der Waals surface area contributed by atoms with Crippen molar-refractivity contribution in [1.29, 1.82) is 0 Å². The molecule has 8 atom stereocenters. The predicted octanol–water partition coefficient (Wildman–Crippen LogP) is 25.3. The highest BCUT2D eigenvalue weighted by atomic mass is 31.2. The number of carbonyl (C=O) groups excluding carboxylic acids is 4. The van der Waals surface area contributed by atoms with Gasteiger partial charge in [-0.25, -0.2) is 9.13 Å². The Morgan fingerprint density at radius 3 is 0.689 bits per heavy atom. The fourth-order valence-electron chi connectivity index (χ4n) is 12.9. The molecule has 0 rings (SSSR count). The molecule has 0 aliphatic heterocycles. The number of rotatable bonds is 82. The standard InChI is InChI=1S/C84H164O17P2/c1-8-12-13-48-58-65-81(86)94-71-79(100-83(88)67-60-54-47-41-35-29-23-21-26-32-38-44-51-57-64-77(7)11-4)73-98-102(90,91)96-69-78(85)70-97-103(92,93)99-74-80(72-95-82(87)66-59-52-45-39-33-27-22-20-25-31-37-43-50-56-63-76(6)10-3)101-84(89)68-61-53-46-40-34-28-19-17-15-14-16-18-24-30-36-42-49-55-62-75(5)9-2/h75-80,85H,8-74H2,1-7H3,(H,90,91)(H,92,93)/t75?,76?,77?,78-,79+,80+/m0/s1. The summed E-state index contributed by atoms with van der Waals surface area (Å²) in [7, 11) is -9.91. The smallest absolute Gasteiger partial charge is 0.462 e. The highest BCUT2D eigenvalue weighted by Crippen LogP contribution is 2.45. The molecule has 0 bridgehead atoms. The predicted molar refractivity (Wildman–Crippen MR) is 423 cm³/mol. The van der Waals surface area contributed by atoms with Crippen LogP contribution in [0.15, 0.2) is 0 Å². The molecule has 0 amide bonds. The van der Waals surface area contributed by atoms with Crippen molar-refractivity contribution in [2.75, 3.05) is 39.6 Å². The highest BCUT2D eigenvalue weighted by Gasteiger charge is 2.30. The van der Waals surface area contributed by atoms with Crippen LogP contribution in [0.4, 0.5) is 0 Å². The molecule has 0 saturated heterocycles. The second-order valence-electron chi connectivity index (χ2n) is 30.9. The van der Waals surface area contributed by atoms with Gasteiger partial charge in [0, 0.05) is 25.7 Å². The number of phosphoric acid groups is 2. The number of ether oxygens (including phenoxy) is 4. The van der Waals surface area contributed by atoms with Crippen LogP contribution in [0.3, 0.4) is 0 Å². The molecule has 0 aliphatic rings. The largest absolute Gasteiger partial charge is 0.472 e. The van der Waals surface area contributed by atoms with Gasteiger partial charge < -0.3 is 33.8 Å². The highest BCUT2D eigenvalue weighted by molar-refractivity contribution is 7.47. The summed E-state index contributed by atoms with van der Waals surface area (Å²) in [6.07, 6.45) is 64.2. The summed E-state index contributed by atoms with van der Waals surface area (Å²) < 4.78 is 68.6. The van der Waals surface area contributed by atoms with Crippen molar-refractivity contribution in [3.63, 3.8) is 0 Å². The zero-order valence-corrected chi connectivity index (χ0v) is 69.6. The zero-order valence-electron chi connectivity index (χ0n) is 67.8. The minimum atomic E-state index is -4.96. The van der Waals surface area contributed by atoms with Crippen LogP contribution in [0.1, 0.15) is 440 Å². The van der Waals surface area contributed by atoms with E-state index in [-0.39, 0.29) is 25.7 Å². The summed E-state index contributed by atoms with van der Waals surface area (Å²) in [6.45, 7) is 12.0. The molecule has 612 valence electrons. The molecule has 0 radical (unpaired) electrons. The van der Waals surface area contributed by atoms with Crippen molar-refractivity contribution < 1.29 is 80.2 Å². The summed E-state index contributed by atoms with van der Waals surface area (Å²) in [5.74, 6) is 0.449. The zero-order chi connectivity index (χ0) is 75.8. The van der Waals surface area contributed by atoms with Crippen LogP contribution < -0.4 is 0 Å². The molecular weight excluding hydrogens is 1340 g/mol. The van der Waals surface area contributed by atoms with Gasteiger partial charge in [-0.15, -0.1) is 0 Å². The number of hydrogen-bond donors (Lipinski definition) is 3. The second-order valence-corrected chi connectivity index (χ2v) is 33.9. The summed E-state index contributed by atoms with van der Waals surface area (Å²) in [5, 5.41) is 10.6. The Balaban J connectivity index is 5.11. The van der Waals surface area contributed by atoms with E-state index in [9.17, 15) is 43.2 Å². The number of hydrogen-bond acceptors (Lipinski definition) is 15. The minimum Gasteiger partial charge on any atom is -0.462 e. The summed E-state index contributed by atoms with van der Waals surface area (Å²) >= 11 is 0. The van der Waals surface area contributed by atoms with E-state index in [1.807, 2.05) is 0 Å². The fraction of sp³-hybridized carbons (Fsp3) is 0.952. The van der Waals surface area contributed by atoms with E-state index in [0.29, 0.717) is 25.7 Å². The average molecular weight is 1510 g/mol. The molecular formula is C84H164O17P2. The first-order valence-electron chi connectivity index (χ1n) is 43.5. The number of carbonyl (C=O) groups is 4. The Morgan fingerprint density at radius 1 is 0.272 bits per heavy atom. The lowest BCUT2D eigenvalue weighted by Gasteiger charge is -2.21. The third-order valence-electron chi connectivity index (χ3n) is 20.7. The molecule has 0 fully saturated rings. The van der Waals surface area contributed by atoms with Crippen molar-refractivity contribution in [3.8, 4) is 0 Å². The summed E-state index contributed by atoms with van der Waals surface area (Å²) in [5.41, 5.74) is 0. The van der Waals surface area contributed by atoms with Gasteiger partial charge in [0.2, 0.25) is 0 Å². The number of unbranched alkanes of at least 4 members (excludes halogenated alkanes) is 47. The SMILES string of the molecule is CCCCCCCC(=O)OC[C@H](COP(=O)(O)OC[C@H](O)COP(=O)(O)OC[C@@H](COC(=O)CCCCCCCCCCCCCCCCC(C)CC)OC(=O)CCCCCCCCCCCCCCCCCCCCC(C)CC)OC(=O)CCCCCCCCCCCCCCCCC(C)CC. The van der Waals surface area contributed by atoms with Gasteiger partial charge in [-0.3, -0.25) is 37.3 Å². The van der Waals surface area contributed by atoms with Crippen molar-refractivity contribution in [1.82, 2.24) is 0 Å². The van der Waals surface area contributed by atoms with Gasteiger partial charge in [-0.05, 0) is 43.4 Å². The van der Waals surface area contributed by atoms with E-state index in [1.54, 1.807) is 0 Å². The first-order valence-corrected chi connectivity index (χ1v) is 46.5. The maximum absolute atomic E-state index is 13.1. The van der Waals surface area contributed by atoms with Gasteiger partial charge in [0.25, 0.3) is 0 Å². The lowest BCUT2D eigenvalue weighted by Crippen LogP contribution is -2.30. The fourth-order valence-corrected chi connectivity index (χ4v) is 14.5. The van der Waals surface area contributed by atoms with Crippen molar-refractivity contribution >= 4 is 39.5 Å². The van der Waals surface area contributed by atoms with Crippen LogP contribution in [0, 0.1) is 17.8 Å². The maximum atomic E-state index is 13.1. The summed E-state index contributed by atoms with van der Waals surface area (Å²) in [4.78, 5) is 72.8. The van der Waals surface area contributed by atoms with Gasteiger partial charge in [-0.2, -0.15) is 0 Å². The van der Waals surface area contributed by atoms with Crippen molar-refractivity contribution in [2.24, 2.45) is 17.8 Å². The van der Waals surface area contributed by atoms with E-state index in [0.717, 1.165) is 114 Å². The molecule has 0 aromatic heterocycles. The van der Waals surface area contributed by atoms with Gasteiger partial charge in [0.1, 0.15) is 19.3 Å². The Kier molecular flexibility index (Phi) is 72.8. The van der Waals surface area contributed by atoms with Crippen LogP contribution in [0.25, 0.3) is 0 Å². The van der Waals surface area contributed by atoms with E-state index < -0.39 is 97.5 Å². The molecule has 0 aliphatic carbocycles. The van der Waals surface area contributed by atoms with Crippen LogP contribution in [-0.2, 0) is 65.4 Å². The van der Waals surface area contributed by atoms with Crippen molar-refractivity contribution in [2.45, 2.75) is 458 Å². The van der Waals surface area contributed by atoms with E-state index in [2.05, 4.69) is 48.5 Å². The normalized spacial score (nSPS) is 14.7. The molecule has 0 aromatic carbocycles. The van der Waals surface area contributed by atoms with E-state index in [4.69, 9.17) is 37.0 Å². The molecule has 3 N–H and O–H groups in total. The lowest BCUT2D eigenvalue weighted by atomic mass is 9.99. The summed E-state index contributed by atoms with van der Waals surface area (Å²) in [6, 6.07) is 0. The van der Waals surface area contributed by atoms with E-state index >= 15 is 0 Å². The second kappa shape index (κ2) is 74.2. The van der Waals surface area contributed by atoms with Crippen molar-refractivity contribution in [3.05, 3.63) is 0 Å². The Morgan fingerprint density at radius 2 is 0.466 bits per heavy atom. The Bertz CT molecular complexity index is 2000. The van der Waals surface area contributed by atoms with E-state index in [1.165, 1.54) is 244 Å². The van der Waals surface area contributed by atoms with Crippen LogP contribution in [0.2, 0.25) is 0 Å². The topological polar surface area (TPSA) is 237 Å². The molecule has 0 spiro atoms. The Hall–Kier alpha value is -1.94. The molecule has 0 aromatic rings. The van der Waals surface area contributed by atoms with Gasteiger partial charge in [-0.1, -0.05) is 389 Å². The van der Waals surface area contributed by atoms with Crippen LogP contribution in [0.5, 0.6) is 0 Å². The minimum absolute atomic E-state index is 0.107. The molecule has 0 heterocycles. The number of aliphatic hydroxyl groups excluding tert-OH is 1. The molecule has 0 saturated carbocycles. The Labute approximate surface area is 632 Å². The quantitative estimate of drug-likeness (QED) is 0.0222. The number of aliphatic hydroxyl groups is 1. The first-order chi connectivity index (χ1) is 49.8. The maximum Gasteiger partial charge on any atom is 0.472 e. The molecule has 5 unspecified atom stereocenters. The van der Waals surface area contributed by atoms with Crippen LogP contribution >= 0.6 is 15.6 Å². The molecule has 103 heavy (non-hydrogen) atoms. The third kappa shape index (κ3) is 74.0. The molecule has 17 nitrogen and oxygen atoms in total. The van der Waals surface area contributed by atoms with Crippen LogP contribution in [-0.4, -0.2) is 96.7 Å². The average Bonchev–Trinajstić information content (AvgIpc) is 0.919. The monoisotopic (exact) mass is 1510 g/mol. The van der Waals surface area contributed by atoms with Gasteiger partial charge in [0.05, 0.1) is 26.4 Å². The number of phosphoric ester groups is 2. The third-order valence-corrected chi connectivity index (χ3v) is 22.6. The van der Waals surface area contributed by atoms with Gasteiger partial charge in [0.15, 0.2) is 12.2 Å². The lowest BCUT2D eigenvalue weighted by molar-refractivity contribution is -0.161. The van der Waals surface area contributed by atoms with Gasteiger partial charge >= 0.3 is 39.5 Å². The first kappa shape index (κ1) is 101. The number of esters is 4.